The van der Waals surface area contributed by atoms with Crippen LogP contribution in [0.2, 0.25) is 5.02 Å². The van der Waals surface area contributed by atoms with E-state index in [9.17, 15) is 14.4 Å². The second-order valence-corrected chi connectivity index (χ2v) is 5.85. The van der Waals surface area contributed by atoms with E-state index >= 15 is 0 Å². The number of methoxy groups -OCH3 is 1. The number of benzene rings is 2. The zero-order chi connectivity index (χ0) is 17.4. The number of ether oxygens (including phenoxy) is 1. The standard InChI is InChI=1S/C18H14ClNO4/c1-10(18(23)24-2)20-16(21)14-8-4-7-13(15(14)17(20)22)11-5-3-6-12(19)9-11/h3-10H,1-2H3. The number of imide groups is 1. The van der Waals surface area contributed by atoms with Crippen LogP contribution in [0.5, 0.6) is 0 Å². The molecule has 6 heteroatoms. The summed E-state index contributed by atoms with van der Waals surface area (Å²) in [4.78, 5) is 38.1. The number of carbonyl (C=O) groups is 3. The molecule has 1 unspecified atom stereocenters. The first kappa shape index (κ1) is 16.2. The molecule has 2 aromatic carbocycles. The molecule has 0 aliphatic carbocycles. The lowest BCUT2D eigenvalue weighted by atomic mass is 9.97. The highest BCUT2D eigenvalue weighted by atomic mass is 35.5. The molecular weight excluding hydrogens is 330 g/mol. The Morgan fingerprint density at radius 1 is 1.08 bits per heavy atom. The molecule has 24 heavy (non-hydrogen) atoms. The van der Waals surface area contributed by atoms with Crippen molar-refractivity contribution in [2.45, 2.75) is 13.0 Å². The van der Waals surface area contributed by atoms with E-state index in [0.29, 0.717) is 10.6 Å². The normalized spacial score (nSPS) is 14.5. The lowest BCUT2D eigenvalue weighted by Crippen LogP contribution is -2.43. The number of nitrogens with zero attached hydrogens (tertiary/aromatic N) is 1. The Kier molecular flexibility index (Phi) is 4.11. The third-order valence-electron chi connectivity index (χ3n) is 4.01. The number of amides is 2. The van der Waals surface area contributed by atoms with Gasteiger partial charge in [0.05, 0.1) is 18.2 Å². The molecule has 3 rings (SSSR count). The Bertz CT molecular complexity index is 862. The van der Waals surface area contributed by atoms with Gasteiger partial charge in [0.1, 0.15) is 6.04 Å². The molecule has 2 aromatic rings. The van der Waals surface area contributed by atoms with Crippen LogP contribution in [0.1, 0.15) is 27.6 Å². The number of hydrogen-bond acceptors (Lipinski definition) is 4. The molecule has 1 atom stereocenters. The lowest BCUT2D eigenvalue weighted by molar-refractivity contribution is -0.144. The van der Waals surface area contributed by atoms with Gasteiger partial charge in [-0.05, 0) is 36.2 Å². The van der Waals surface area contributed by atoms with Crippen molar-refractivity contribution in [1.29, 1.82) is 0 Å². The van der Waals surface area contributed by atoms with Crippen molar-refractivity contribution in [2.75, 3.05) is 7.11 Å². The zero-order valence-corrected chi connectivity index (χ0v) is 13.8. The summed E-state index contributed by atoms with van der Waals surface area (Å²) in [6.45, 7) is 1.46. The average molecular weight is 344 g/mol. The van der Waals surface area contributed by atoms with E-state index in [1.807, 2.05) is 6.07 Å². The van der Waals surface area contributed by atoms with Gasteiger partial charge < -0.3 is 4.74 Å². The van der Waals surface area contributed by atoms with Crippen LogP contribution < -0.4 is 0 Å². The second-order valence-electron chi connectivity index (χ2n) is 5.42. The van der Waals surface area contributed by atoms with Crippen molar-refractivity contribution in [1.82, 2.24) is 4.90 Å². The number of fused-ring (bicyclic) bond motifs is 1. The first-order chi connectivity index (χ1) is 11.5. The average Bonchev–Trinajstić information content (AvgIpc) is 2.84. The van der Waals surface area contributed by atoms with Gasteiger partial charge in [0.25, 0.3) is 11.8 Å². The molecule has 5 nitrogen and oxygen atoms in total. The van der Waals surface area contributed by atoms with Crippen LogP contribution >= 0.6 is 11.6 Å². The van der Waals surface area contributed by atoms with E-state index in [1.54, 1.807) is 36.4 Å². The third kappa shape index (κ3) is 2.47. The van der Waals surface area contributed by atoms with Crippen LogP contribution in [-0.4, -0.2) is 35.8 Å². The van der Waals surface area contributed by atoms with E-state index in [4.69, 9.17) is 11.6 Å². The van der Waals surface area contributed by atoms with Crippen molar-refractivity contribution < 1.29 is 19.1 Å². The van der Waals surface area contributed by atoms with E-state index in [1.165, 1.54) is 14.0 Å². The van der Waals surface area contributed by atoms with Gasteiger partial charge in [0, 0.05) is 5.02 Å². The Labute approximate surface area is 143 Å². The number of hydrogen-bond donors (Lipinski definition) is 0. The molecular formula is C18H14ClNO4. The van der Waals surface area contributed by atoms with Gasteiger partial charge in [0.2, 0.25) is 0 Å². The summed E-state index contributed by atoms with van der Waals surface area (Å²) in [6, 6.07) is 11.1. The highest BCUT2D eigenvalue weighted by Crippen LogP contribution is 2.34. The quantitative estimate of drug-likeness (QED) is 0.634. The fourth-order valence-corrected chi connectivity index (χ4v) is 3.02. The minimum Gasteiger partial charge on any atom is -0.467 e. The minimum absolute atomic E-state index is 0.272. The highest BCUT2D eigenvalue weighted by molar-refractivity contribution is 6.31. The topological polar surface area (TPSA) is 63.7 Å². The summed E-state index contributed by atoms with van der Waals surface area (Å²) in [5.74, 6) is -1.66. The maximum atomic E-state index is 12.8. The first-order valence-corrected chi connectivity index (χ1v) is 7.68. The molecule has 1 aliphatic heterocycles. The predicted molar refractivity (Wildman–Crippen MR) is 88.9 cm³/mol. The fraction of sp³-hybridized carbons (Fsp3) is 0.167. The molecule has 122 valence electrons. The first-order valence-electron chi connectivity index (χ1n) is 7.30. The largest absolute Gasteiger partial charge is 0.467 e. The van der Waals surface area contributed by atoms with Crippen LogP contribution in [0.4, 0.5) is 0 Å². The summed E-state index contributed by atoms with van der Waals surface area (Å²) in [6.07, 6.45) is 0. The van der Waals surface area contributed by atoms with Gasteiger partial charge in [-0.2, -0.15) is 0 Å². The van der Waals surface area contributed by atoms with E-state index < -0.39 is 23.8 Å². The molecule has 0 fully saturated rings. The van der Waals surface area contributed by atoms with Crippen LogP contribution in [0.25, 0.3) is 11.1 Å². The van der Waals surface area contributed by atoms with Crippen molar-refractivity contribution in [3.63, 3.8) is 0 Å². The van der Waals surface area contributed by atoms with E-state index in [0.717, 1.165) is 10.5 Å². The number of carbonyl (C=O) groups excluding carboxylic acids is 3. The summed E-state index contributed by atoms with van der Waals surface area (Å²) in [5, 5.41) is 0.529. The smallest absolute Gasteiger partial charge is 0.328 e. The molecule has 0 saturated carbocycles. The van der Waals surface area contributed by atoms with Crippen molar-refractivity contribution in [2.24, 2.45) is 0 Å². The monoisotopic (exact) mass is 343 g/mol. The van der Waals surface area contributed by atoms with Gasteiger partial charge in [-0.25, -0.2) is 4.79 Å². The van der Waals surface area contributed by atoms with Crippen LogP contribution in [0.15, 0.2) is 42.5 Å². The van der Waals surface area contributed by atoms with Gasteiger partial charge in [-0.1, -0.05) is 35.9 Å². The second kappa shape index (κ2) is 6.09. The summed E-state index contributed by atoms with van der Waals surface area (Å²) < 4.78 is 4.65. The Balaban J connectivity index is 2.12. The molecule has 0 radical (unpaired) electrons. The molecule has 2 amide bonds. The third-order valence-corrected chi connectivity index (χ3v) is 4.25. The van der Waals surface area contributed by atoms with E-state index in [-0.39, 0.29) is 11.1 Å². The predicted octanol–water partition coefficient (Wildman–Crippen LogP) is 3.16. The molecule has 0 saturated heterocycles. The maximum Gasteiger partial charge on any atom is 0.328 e. The molecule has 0 aromatic heterocycles. The fourth-order valence-electron chi connectivity index (χ4n) is 2.83. The molecule has 0 spiro atoms. The van der Waals surface area contributed by atoms with Gasteiger partial charge >= 0.3 is 5.97 Å². The van der Waals surface area contributed by atoms with Gasteiger partial charge in [-0.15, -0.1) is 0 Å². The number of esters is 1. The van der Waals surface area contributed by atoms with Crippen molar-refractivity contribution >= 4 is 29.4 Å². The Hall–Kier alpha value is -2.66. The summed E-state index contributed by atoms with van der Waals surface area (Å²) >= 11 is 6.03. The van der Waals surface area contributed by atoms with Crippen molar-refractivity contribution in [3.8, 4) is 11.1 Å². The zero-order valence-electron chi connectivity index (χ0n) is 13.1. The molecule has 1 heterocycles. The summed E-state index contributed by atoms with van der Waals surface area (Å²) in [7, 11) is 1.22. The van der Waals surface area contributed by atoms with Crippen LogP contribution in [0.3, 0.4) is 0 Å². The number of rotatable bonds is 3. The van der Waals surface area contributed by atoms with Crippen molar-refractivity contribution in [3.05, 3.63) is 58.6 Å². The maximum absolute atomic E-state index is 12.8. The summed E-state index contributed by atoms with van der Waals surface area (Å²) in [5.41, 5.74) is 1.88. The van der Waals surface area contributed by atoms with Crippen LogP contribution in [0, 0.1) is 0 Å². The molecule has 1 aliphatic rings. The van der Waals surface area contributed by atoms with Crippen LogP contribution in [-0.2, 0) is 9.53 Å². The van der Waals surface area contributed by atoms with Gasteiger partial charge in [0.15, 0.2) is 0 Å². The van der Waals surface area contributed by atoms with Gasteiger partial charge in [-0.3, -0.25) is 14.5 Å². The lowest BCUT2D eigenvalue weighted by Gasteiger charge is -2.20. The molecule has 0 bridgehead atoms. The SMILES string of the molecule is COC(=O)C(C)N1C(=O)c2cccc(-c3cccc(Cl)c3)c2C1=O. The highest BCUT2D eigenvalue weighted by Gasteiger charge is 2.42. The van der Waals surface area contributed by atoms with E-state index in [2.05, 4.69) is 4.74 Å². The Morgan fingerprint density at radius 3 is 2.42 bits per heavy atom. The number of halogens is 1. The minimum atomic E-state index is -0.991. The Morgan fingerprint density at radius 2 is 1.75 bits per heavy atom. The molecule has 0 N–H and O–H groups in total.